The predicted molar refractivity (Wildman–Crippen MR) is 65.4 cm³/mol. The highest BCUT2D eigenvalue weighted by Gasteiger charge is 2.51. The summed E-state index contributed by atoms with van der Waals surface area (Å²) >= 11 is 0. The van der Waals surface area contributed by atoms with E-state index in [4.69, 9.17) is 5.73 Å². The highest BCUT2D eigenvalue weighted by Crippen LogP contribution is 2.50. The van der Waals surface area contributed by atoms with Crippen LogP contribution in [-0.2, 0) is 0 Å². The maximum absolute atomic E-state index is 5.70. The van der Waals surface area contributed by atoms with Crippen LogP contribution < -0.4 is 10.6 Å². The van der Waals surface area contributed by atoms with Gasteiger partial charge in [0.15, 0.2) is 0 Å². The summed E-state index contributed by atoms with van der Waals surface area (Å²) in [5.41, 5.74) is 8.23. The zero-order valence-corrected chi connectivity index (χ0v) is 9.76. The Hall–Kier alpha value is -1.09. The number of fused-ring (bicyclic) bond motifs is 1. The first-order valence-electron chi connectivity index (χ1n) is 6.19. The lowest BCUT2D eigenvalue weighted by Gasteiger charge is -2.29. The fourth-order valence-electron chi connectivity index (χ4n) is 3.09. The molecule has 3 atom stereocenters. The van der Waals surface area contributed by atoms with Crippen LogP contribution in [0.25, 0.3) is 0 Å². The van der Waals surface area contributed by atoms with Crippen molar-refractivity contribution in [1.29, 1.82) is 0 Å². The first-order valence-corrected chi connectivity index (χ1v) is 6.19. The summed E-state index contributed by atoms with van der Waals surface area (Å²) in [4.78, 5) is 6.87. The summed E-state index contributed by atoms with van der Waals surface area (Å²) in [6.45, 7) is 2.90. The number of rotatable bonds is 3. The van der Waals surface area contributed by atoms with Gasteiger partial charge in [-0.15, -0.1) is 0 Å². The van der Waals surface area contributed by atoms with Crippen molar-refractivity contribution in [3.05, 3.63) is 24.0 Å². The summed E-state index contributed by atoms with van der Waals surface area (Å²) in [7, 11) is 0. The molecule has 16 heavy (non-hydrogen) atoms. The average molecular weight is 217 g/mol. The lowest BCUT2D eigenvalue weighted by atomic mass is 10.1. The third-order valence-electron chi connectivity index (χ3n) is 3.87. The third kappa shape index (κ3) is 1.59. The number of hydrogen-bond donors (Lipinski definition) is 1. The topological polar surface area (TPSA) is 42.2 Å². The molecule has 0 spiro atoms. The van der Waals surface area contributed by atoms with Gasteiger partial charge in [0.25, 0.3) is 0 Å². The van der Waals surface area contributed by atoms with E-state index < -0.39 is 0 Å². The van der Waals surface area contributed by atoms with Gasteiger partial charge in [-0.2, -0.15) is 0 Å². The van der Waals surface area contributed by atoms with E-state index in [1.807, 2.05) is 12.4 Å². The van der Waals surface area contributed by atoms with Gasteiger partial charge in [0.1, 0.15) is 0 Å². The number of pyridine rings is 1. The number of nitrogens with two attached hydrogens (primary N) is 1. The van der Waals surface area contributed by atoms with Crippen LogP contribution in [0.3, 0.4) is 0 Å². The first-order chi connectivity index (χ1) is 7.79. The first kappa shape index (κ1) is 10.1. The molecule has 0 amide bonds. The molecule has 0 radical (unpaired) electrons. The van der Waals surface area contributed by atoms with E-state index in [1.165, 1.54) is 24.1 Å². The lowest BCUT2D eigenvalue weighted by molar-refractivity contribution is 0.562. The largest absolute Gasteiger partial charge is 0.364 e. The van der Waals surface area contributed by atoms with Crippen LogP contribution in [0.1, 0.15) is 24.8 Å². The highest BCUT2D eigenvalue weighted by molar-refractivity contribution is 5.52. The fourth-order valence-corrected chi connectivity index (χ4v) is 3.09. The fraction of sp³-hybridized carbons (Fsp3) is 0.615. The minimum absolute atomic E-state index is 0.650. The van der Waals surface area contributed by atoms with Crippen molar-refractivity contribution in [1.82, 2.24) is 4.98 Å². The summed E-state index contributed by atoms with van der Waals surface area (Å²) in [6, 6.07) is 3.68. The molecule has 3 heteroatoms. The molecule has 1 saturated carbocycles. The van der Waals surface area contributed by atoms with Crippen LogP contribution in [0, 0.1) is 12.8 Å². The maximum Gasteiger partial charge on any atom is 0.0560 e. The molecular weight excluding hydrogens is 198 g/mol. The zero-order valence-electron chi connectivity index (χ0n) is 9.76. The summed E-state index contributed by atoms with van der Waals surface area (Å²) in [5.74, 6) is 0.928. The number of piperidine rings is 1. The van der Waals surface area contributed by atoms with Crippen LogP contribution in [0.2, 0.25) is 0 Å². The van der Waals surface area contributed by atoms with Gasteiger partial charge in [-0.3, -0.25) is 4.98 Å². The maximum atomic E-state index is 5.70. The van der Waals surface area contributed by atoms with Gasteiger partial charge >= 0.3 is 0 Å². The number of nitrogens with zero attached hydrogens (tertiary/aromatic N) is 2. The second-order valence-electron chi connectivity index (χ2n) is 5.16. The SMILES string of the molecule is Cc1cncc(N2C(CCN)CC3CC32)c1. The molecule has 3 unspecified atom stereocenters. The van der Waals surface area contributed by atoms with Crippen LogP contribution >= 0.6 is 0 Å². The van der Waals surface area contributed by atoms with E-state index in [0.717, 1.165) is 24.9 Å². The number of aromatic nitrogens is 1. The van der Waals surface area contributed by atoms with Crippen molar-refractivity contribution in [2.45, 2.75) is 38.3 Å². The molecule has 3 rings (SSSR count). The third-order valence-corrected chi connectivity index (χ3v) is 3.87. The van der Waals surface area contributed by atoms with Crippen molar-refractivity contribution in [2.75, 3.05) is 11.4 Å². The van der Waals surface area contributed by atoms with E-state index in [-0.39, 0.29) is 0 Å². The normalized spacial score (nSPS) is 31.6. The van der Waals surface area contributed by atoms with Gasteiger partial charge in [0, 0.05) is 18.3 Å². The molecule has 1 aliphatic heterocycles. The Labute approximate surface area is 96.7 Å². The van der Waals surface area contributed by atoms with E-state index in [2.05, 4.69) is 22.9 Å². The summed E-state index contributed by atoms with van der Waals surface area (Å²) in [5, 5.41) is 0. The van der Waals surface area contributed by atoms with Gasteiger partial charge in [-0.1, -0.05) is 0 Å². The molecule has 1 aromatic heterocycles. The molecule has 2 heterocycles. The summed E-state index contributed by atoms with van der Waals surface area (Å²) < 4.78 is 0. The van der Waals surface area contributed by atoms with Crippen molar-refractivity contribution in [3.8, 4) is 0 Å². The molecule has 3 nitrogen and oxygen atoms in total. The Morgan fingerprint density at radius 3 is 3.06 bits per heavy atom. The molecule has 1 saturated heterocycles. The number of hydrogen-bond acceptors (Lipinski definition) is 3. The minimum Gasteiger partial charge on any atom is -0.364 e. The molecule has 86 valence electrons. The Kier molecular flexibility index (Phi) is 2.36. The van der Waals surface area contributed by atoms with E-state index in [9.17, 15) is 0 Å². The number of anilines is 1. The second-order valence-corrected chi connectivity index (χ2v) is 5.16. The van der Waals surface area contributed by atoms with Crippen molar-refractivity contribution >= 4 is 5.69 Å². The van der Waals surface area contributed by atoms with Crippen molar-refractivity contribution in [2.24, 2.45) is 11.7 Å². The minimum atomic E-state index is 0.650. The predicted octanol–water partition coefficient (Wildman–Crippen LogP) is 1.71. The average Bonchev–Trinajstić information content (AvgIpc) is 2.91. The Balaban J connectivity index is 1.86. The zero-order chi connectivity index (χ0) is 11.1. The summed E-state index contributed by atoms with van der Waals surface area (Å²) in [6.07, 6.45) is 7.73. The Bertz CT molecular complexity index is 391. The van der Waals surface area contributed by atoms with Crippen molar-refractivity contribution in [3.63, 3.8) is 0 Å². The van der Waals surface area contributed by atoms with Gasteiger partial charge in [0.2, 0.25) is 0 Å². The lowest BCUT2D eigenvalue weighted by Crippen LogP contribution is -2.34. The van der Waals surface area contributed by atoms with Crippen molar-refractivity contribution < 1.29 is 0 Å². The molecule has 0 aromatic carbocycles. The van der Waals surface area contributed by atoms with Gasteiger partial charge in [0.05, 0.1) is 11.9 Å². The number of aryl methyl sites for hydroxylation is 1. The molecule has 2 N–H and O–H groups in total. The van der Waals surface area contributed by atoms with Gasteiger partial charge < -0.3 is 10.6 Å². The smallest absolute Gasteiger partial charge is 0.0560 e. The monoisotopic (exact) mass is 217 g/mol. The van der Waals surface area contributed by atoms with E-state index in [0.29, 0.717) is 6.04 Å². The van der Waals surface area contributed by atoms with Crippen LogP contribution in [-0.4, -0.2) is 23.6 Å². The van der Waals surface area contributed by atoms with E-state index >= 15 is 0 Å². The molecule has 1 aliphatic carbocycles. The highest BCUT2D eigenvalue weighted by atomic mass is 15.3. The van der Waals surface area contributed by atoms with Crippen LogP contribution in [0.4, 0.5) is 5.69 Å². The molecule has 2 aliphatic rings. The molecule has 0 bridgehead atoms. The molecule has 1 aromatic rings. The Morgan fingerprint density at radius 1 is 1.44 bits per heavy atom. The molecular formula is C13H19N3. The van der Waals surface area contributed by atoms with Crippen LogP contribution in [0.15, 0.2) is 18.5 Å². The molecule has 2 fully saturated rings. The van der Waals surface area contributed by atoms with Gasteiger partial charge in [-0.25, -0.2) is 0 Å². The van der Waals surface area contributed by atoms with Crippen LogP contribution in [0.5, 0.6) is 0 Å². The quantitative estimate of drug-likeness (QED) is 0.838. The Morgan fingerprint density at radius 2 is 2.31 bits per heavy atom. The second kappa shape index (κ2) is 3.74. The van der Waals surface area contributed by atoms with E-state index in [1.54, 1.807) is 0 Å². The standard InChI is InChI=1S/C13H19N3/c1-9-4-12(8-15-7-9)16-11(2-3-14)5-10-6-13(10)16/h4,7-8,10-11,13H,2-3,5-6,14H2,1H3. The van der Waals surface area contributed by atoms with Gasteiger partial charge in [-0.05, 0) is 50.3 Å².